The molecule has 0 saturated carbocycles. The normalized spacial score (nSPS) is 18.6. The van der Waals surface area contributed by atoms with E-state index in [0.29, 0.717) is 15.8 Å². The van der Waals surface area contributed by atoms with E-state index in [1.54, 1.807) is 38.1 Å². The number of hydrogen-bond donors (Lipinski definition) is 1. The standard InChI is InChI=1S/C18H16ClN3O4S2/c1-11-7-8-14(9-15(11)19)28(24,25)26-16-6-4-3-5-13(16)10-20-22-18-21-17(23)12(2)27-18/h3-10,12H,1-2H3,(H,21,22,23). The van der Waals surface area contributed by atoms with Crippen molar-refractivity contribution < 1.29 is 17.4 Å². The van der Waals surface area contributed by atoms with Crippen LogP contribution in [0, 0.1) is 6.92 Å². The monoisotopic (exact) mass is 437 g/mol. The van der Waals surface area contributed by atoms with Crippen LogP contribution < -0.4 is 9.50 Å². The van der Waals surface area contributed by atoms with E-state index in [2.05, 4.69) is 15.5 Å². The molecule has 0 bridgehead atoms. The van der Waals surface area contributed by atoms with Crippen LogP contribution in [0.3, 0.4) is 0 Å². The van der Waals surface area contributed by atoms with Crippen LogP contribution in [0.2, 0.25) is 5.02 Å². The number of rotatable bonds is 5. The van der Waals surface area contributed by atoms with Gasteiger partial charge in [0.05, 0.1) is 11.5 Å². The zero-order chi connectivity index (χ0) is 20.3. The van der Waals surface area contributed by atoms with Crippen molar-refractivity contribution in [2.75, 3.05) is 0 Å². The number of para-hydroxylation sites is 1. The van der Waals surface area contributed by atoms with Gasteiger partial charge in [0.15, 0.2) is 10.9 Å². The number of hydrogen-bond acceptors (Lipinski definition) is 7. The minimum Gasteiger partial charge on any atom is -0.378 e. The van der Waals surface area contributed by atoms with E-state index >= 15 is 0 Å². The van der Waals surface area contributed by atoms with Gasteiger partial charge in [-0.15, -0.1) is 5.10 Å². The molecular formula is C18H16ClN3O4S2. The molecule has 1 aliphatic rings. The van der Waals surface area contributed by atoms with Crippen molar-refractivity contribution >= 4 is 50.8 Å². The molecule has 1 atom stereocenters. The Bertz CT molecular complexity index is 1080. The first kappa shape index (κ1) is 20.4. The second-order valence-corrected chi connectivity index (χ2v) is 9.17. The molecule has 7 nitrogen and oxygen atoms in total. The minimum absolute atomic E-state index is 0.0471. The van der Waals surface area contributed by atoms with Crippen molar-refractivity contribution in [1.29, 1.82) is 0 Å². The number of amidine groups is 1. The fourth-order valence-corrected chi connectivity index (χ4v) is 4.19. The number of carbonyl (C=O) groups excluding carboxylic acids is 1. The number of amides is 1. The third-order valence-electron chi connectivity index (χ3n) is 3.78. The maximum Gasteiger partial charge on any atom is 0.339 e. The van der Waals surface area contributed by atoms with E-state index in [9.17, 15) is 13.2 Å². The van der Waals surface area contributed by atoms with Crippen molar-refractivity contribution in [1.82, 2.24) is 5.32 Å². The van der Waals surface area contributed by atoms with E-state index in [1.807, 2.05) is 0 Å². The van der Waals surface area contributed by atoms with Gasteiger partial charge in [0.2, 0.25) is 5.91 Å². The quantitative estimate of drug-likeness (QED) is 0.439. The van der Waals surface area contributed by atoms with Crippen molar-refractivity contribution in [3.05, 3.63) is 58.6 Å². The van der Waals surface area contributed by atoms with Gasteiger partial charge in [-0.1, -0.05) is 41.6 Å². The van der Waals surface area contributed by atoms with Gasteiger partial charge in [-0.25, -0.2) is 0 Å². The molecule has 0 radical (unpaired) electrons. The minimum atomic E-state index is -4.07. The lowest BCUT2D eigenvalue weighted by molar-refractivity contribution is -0.118. The van der Waals surface area contributed by atoms with Crippen LogP contribution >= 0.6 is 23.4 Å². The lowest BCUT2D eigenvalue weighted by Crippen LogP contribution is -2.23. The van der Waals surface area contributed by atoms with Crippen LogP contribution in [0.15, 0.2) is 57.6 Å². The highest BCUT2D eigenvalue weighted by molar-refractivity contribution is 8.15. The summed E-state index contributed by atoms with van der Waals surface area (Å²) in [6, 6.07) is 10.9. The number of thioether (sulfide) groups is 1. The molecule has 1 aliphatic heterocycles. The van der Waals surface area contributed by atoms with Crippen LogP contribution in [0.25, 0.3) is 0 Å². The number of carbonyl (C=O) groups is 1. The fourth-order valence-electron chi connectivity index (χ4n) is 2.21. The number of benzene rings is 2. The lowest BCUT2D eigenvalue weighted by atomic mass is 10.2. The first-order chi connectivity index (χ1) is 13.3. The number of halogens is 1. The maximum atomic E-state index is 12.6. The summed E-state index contributed by atoms with van der Waals surface area (Å²) in [7, 11) is -4.07. The molecule has 3 rings (SSSR count). The van der Waals surface area contributed by atoms with Crippen molar-refractivity contribution in [3.63, 3.8) is 0 Å². The Balaban J connectivity index is 1.82. The Kier molecular flexibility index (Phi) is 6.07. The fraction of sp³-hybridized carbons (Fsp3) is 0.167. The zero-order valence-corrected chi connectivity index (χ0v) is 17.3. The summed E-state index contributed by atoms with van der Waals surface area (Å²) in [5.74, 6) is -0.0369. The van der Waals surface area contributed by atoms with Gasteiger partial charge in [-0.3, -0.25) is 4.79 Å². The van der Waals surface area contributed by atoms with Crippen LogP contribution in [0.4, 0.5) is 0 Å². The molecule has 0 spiro atoms. The van der Waals surface area contributed by atoms with Crippen LogP contribution in [0.1, 0.15) is 18.1 Å². The maximum absolute atomic E-state index is 12.6. The predicted molar refractivity (Wildman–Crippen MR) is 111 cm³/mol. The molecule has 1 heterocycles. The van der Waals surface area contributed by atoms with Gasteiger partial charge in [-0.2, -0.15) is 13.5 Å². The highest BCUT2D eigenvalue weighted by atomic mass is 35.5. The van der Waals surface area contributed by atoms with Gasteiger partial charge in [-0.05, 0) is 43.7 Å². The first-order valence-electron chi connectivity index (χ1n) is 8.14. The molecule has 0 aromatic heterocycles. The smallest absolute Gasteiger partial charge is 0.339 e. The van der Waals surface area contributed by atoms with Crippen molar-refractivity contribution in [2.24, 2.45) is 10.2 Å². The van der Waals surface area contributed by atoms with Crippen LogP contribution in [-0.4, -0.2) is 31.0 Å². The van der Waals surface area contributed by atoms with Crippen LogP contribution in [-0.2, 0) is 14.9 Å². The van der Waals surface area contributed by atoms with E-state index in [4.69, 9.17) is 15.8 Å². The molecule has 1 unspecified atom stereocenters. The number of aryl methyl sites for hydroxylation is 1. The number of nitrogens with one attached hydrogen (secondary N) is 1. The van der Waals surface area contributed by atoms with E-state index < -0.39 is 10.1 Å². The summed E-state index contributed by atoms with van der Waals surface area (Å²) >= 11 is 7.28. The molecular weight excluding hydrogens is 422 g/mol. The Labute approximate surface area is 172 Å². The van der Waals surface area contributed by atoms with E-state index in [0.717, 1.165) is 5.56 Å². The van der Waals surface area contributed by atoms with E-state index in [1.165, 1.54) is 36.2 Å². The van der Waals surface area contributed by atoms with Gasteiger partial charge >= 0.3 is 10.1 Å². The first-order valence-corrected chi connectivity index (χ1v) is 10.8. The summed E-state index contributed by atoms with van der Waals surface area (Å²) in [6.45, 7) is 3.54. The topological polar surface area (TPSA) is 97.2 Å². The molecule has 2 aromatic rings. The van der Waals surface area contributed by atoms with Crippen molar-refractivity contribution in [3.8, 4) is 5.75 Å². The molecule has 0 aliphatic carbocycles. The highest BCUT2D eigenvalue weighted by Gasteiger charge is 2.25. The van der Waals surface area contributed by atoms with Gasteiger partial charge < -0.3 is 9.50 Å². The largest absolute Gasteiger partial charge is 0.378 e. The Hall–Kier alpha value is -2.36. The zero-order valence-electron chi connectivity index (χ0n) is 14.9. The van der Waals surface area contributed by atoms with Crippen molar-refractivity contribution in [2.45, 2.75) is 24.0 Å². The molecule has 1 amide bonds. The third kappa shape index (κ3) is 4.73. The summed E-state index contributed by atoms with van der Waals surface area (Å²) in [4.78, 5) is 11.4. The summed E-state index contributed by atoms with van der Waals surface area (Å²) in [5, 5.41) is 10.9. The highest BCUT2D eigenvalue weighted by Crippen LogP contribution is 2.25. The second kappa shape index (κ2) is 8.34. The lowest BCUT2D eigenvalue weighted by Gasteiger charge is -2.10. The Morgan fingerprint density at radius 1 is 1.25 bits per heavy atom. The molecule has 2 aromatic carbocycles. The van der Waals surface area contributed by atoms with Crippen LogP contribution in [0.5, 0.6) is 5.75 Å². The second-order valence-electron chi connectivity index (χ2n) is 5.89. The average molecular weight is 438 g/mol. The predicted octanol–water partition coefficient (Wildman–Crippen LogP) is 3.36. The third-order valence-corrected chi connectivity index (χ3v) is 6.40. The summed E-state index contributed by atoms with van der Waals surface area (Å²) in [5.41, 5.74) is 1.18. The molecule has 1 N–H and O–H groups in total. The summed E-state index contributed by atoms with van der Waals surface area (Å²) in [6.07, 6.45) is 1.36. The molecule has 1 fully saturated rings. The number of nitrogens with zero attached hydrogens (tertiary/aromatic N) is 2. The SMILES string of the molecule is Cc1ccc(S(=O)(=O)Oc2ccccc2C=NN=C2NC(=O)C(C)S2)cc1Cl. The summed E-state index contributed by atoms with van der Waals surface area (Å²) < 4.78 is 30.4. The Morgan fingerprint density at radius 3 is 2.68 bits per heavy atom. The molecule has 10 heteroatoms. The average Bonchev–Trinajstić information content (AvgIpc) is 2.96. The molecule has 28 heavy (non-hydrogen) atoms. The van der Waals surface area contributed by atoms with Gasteiger partial charge in [0.1, 0.15) is 4.90 Å². The Morgan fingerprint density at radius 2 is 2.00 bits per heavy atom. The van der Waals surface area contributed by atoms with Gasteiger partial charge in [0, 0.05) is 10.6 Å². The van der Waals surface area contributed by atoms with Gasteiger partial charge in [0.25, 0.3) is 0 Å². The molecule has 146 valence electrons. The van der Waals surface area contributed by atoms with E-state index in [-0.39, 0.29) is 21.8 Å². The molecule has 1 saturated heterocycles.